The molecule has 24 heavy (non-hydrogen) atoms. The SMILES string of the molecule is COc1ccc(OC)c(N2C(=O)[C@H]3[C@H](C2=O)[C@H]2C=C[C@H]3C23CC3)c1. The first-order valence-electron chi connectivity index (χ1n) is 8.40. The van der Waals surface area contributed by atoms with Crippen LogP contribution in [0.2, 0.25) is 0 Å². The molecular weight excluding hydrogens is 306 g/mol. The van der Waals surface area contributed by atoms with Crippen LogP contribution in [0.5, 0.6) is 11.5 Å². The highest BCUT2D eigenvalue weighted by Crippen LogP contribution is 2.73. The van der Waals surface area contributed by atoms with Crippen molar-refractivity contribution in [2.24, 2.45) is 29.1 Å². The van der Waals surface area contributed by atoms with Crippen molar-refractivity contribution < 1.29 is 19.1 Å². The van der Waals surface area contributed by atoms with E-state index in [-0.39, 0.29) is 40.9 Å². The molecule has 1 aromatic rings. The predicted octanol–water partition coefficient (Wildman–Crippen LogP) is 2.41. The molecule has 0 aromatic heterocycles. The van der Waals surface area contributed by atoms with Gasteiger partial charge in [-0.15, -0.1) is 0 Å². The molecule has 1 spiro atoms. The zero-order chi connectivity index (χ0) is 16.6. The number of anilines is 1. The number of amides is 2. The van der Waals surface area contributed by atoms with Gasteiger partial charge in [-0.1, -0.05) is 12.2 Å². The van der Waals surface area contributed by atoms with E-state index < -0.39 is 0 Å². The van der Waals surface area contributed by atoms with Crippen molar-refractivity contribution >= 4 is 17.5 Å². The minimum atomic E-state index is -0.203. The van der Waals surface area contributed by atoms with Gasteiger partial charge in [0.05, 0.1) is 31.7 Å². The Kier molecular flexibility index (Phi) is 2.58. The summed E-state index contributed by atoms with van der Waals surface area (Å²) in [7, 11) is 3.11. The molecule has 4 atom stereocenters. The number of hydrogen-bond acceptors (Lipinski definition) is 4. The summed E-state index contributed by atoms with van der Waals surface area (Å²) in [6.45, 7) is 0. The Morgan fingerprint density at radius 3 is 2.12 bits per heavy atom. The molecular formula is C19H19NO4. The van der Waals surface area contributed by atoms with Gasteiger partial charge in [-0.3, -0.25) is 9.59 Å². The third-order valence-electron chi connectivity index (χ3n) is 6.48. The molecule has 4 aliphatic rings. The van der Waals surface area contributed by atoms with Gasteiger partial charge in [-0.05, 0) is 42.2 Å². The molecule has 2 bridgehead atoms. The maximum absolute atomic E-state index is 13.1. The predicted molar refractivity (Wildman–Crippen MR) is 86.8 cm³/mol. The number of carbonyl (C=O) groups excluding carboxylic acids is 2. The number of ether oxygens (including phenoxy) is 2. The van der Waals surface area contributed by atoms with Crippen LogP contribution in [0.3, 0.4) is 0 Å². The first kappa shape index (κ1) is 14.1. The maximum Gasteiger partial charge on any atom is 0.238 e. The van der Waals surface area contributed by atoms with Gasteiger partial charge in [0, 0.05) is 6.07 Å². The normalized spacial score (nSPS) is 34.2. The monoisotopic (exact) mass is 325 g/mol. The van der Waals surface area contributed by atoms with E-state index in [9.17, 15) is 9.59 Å². The second-order valence-electron chi connectivity index (χ2n) is 7.27. The van der Waals surface area contributed by atoms with E-state index in [0.717, 1.165) is 12.8 Å². The van der Waals surface area contributed by atoms with Crippen LogP contribution in [0.15, 0.2) is 30.4 Å². The highest BCUT2D eigenvalue weighted by molar-refractivity contribution is 6.23. The molecule has 5 heteroatoms. The third-order valence-corrected chi connectivity index (χ3v) is 6.48. The first-order valence-corrected chi connectivity index (χ1v) is 8.40. The number of rotatable bonds is 3. The van der Waals surface area contributed by atoms with Crippen molar-refractivity contribution in [2.75, 3.05) is 19.1 Å². The summed E-state index contributed by atoms with van der Waals surface area (Å²) in [5.41, 5.74) is 0.705. The number of allylic oxidation sites excluding steroid dienone is 2. The van der Waals surface area contributed by atoms with Crippen molar-refractivity contribution in [1.82, 2.24) is 0 Å². The summed E-state index contributed by atoms with van der Waals surface area (Å²) < 4.78 is 10.6. The van der Waals surface area contributed by atoms with E-state index in [0.29, 0.717) is 17.2 Å². The van der Waals surface area contributed by atoms with Crippen molar-refractivity contribution in [3.8, 4) is 11.5 Å². The fourth-order valence-corrected chi connectivity index (χ4v) is 5.29. The molecule has 1 aromatic carbocycles. The average Bonchev–Trinajstić information content (AvgIpc) is 3.19. The highest BCUT2D eigenvalue weighted by Gasteiger charge is 2.73. The molecule has 0 radical (unpaired) electrons. The van der Waals surface area contributed by atoms with E-state index in [4.69, 9.17) is 9.47 Å². The molecule has 5 rings (SSSR count). The van der Waals surface area contributed by atoms with Crippen LogP contribution in [-0.4, -0.2) is 26.0 Å². The average molecular weight is 325 g/mol. The molecule has 1 heterocycles. The summed E-state index contributed by atoms with van der Waals surface area (Å²) in [5.74, 6) is 0.995. The Bertz CT molecular complexity index is 761. The van der Waals surface area contributed by atoms with Gasteiger partial charge in [0.2, 0.25) is 11.8 Å². The van der Waals surface area contributed by atoms with Gasteiger partial charge in [0.1, 0.15) is 11.5 Å². The zero-order valence-electron chi connectivity index (χ0n) is 13.7. The number of hydrogen-bond donors (Lipinski definition) is 0. The minimum absolute atomic E-state index is 0.0836. The molecule has 0 unspecified atom stereocenters. The van der Waals surface area contributed by atoms with Crippen LogP contribution in [0.4, 0.5) is 5.69 Å². The first-order chi connectivity index (χ1) is 11.6. The summed E-state index contributed by atoms with van der Waals surface area (Å²) in [6.07, 6.45) is 6.64. The Hall–Kier alpha value is -2.30. The van der Waals surface area contributed by atoms with Crippen molar-refractivity contribution in [1.29, 1.82) is 0 Å². The Morgan fingerprint density at radius 1 is 1.00 bits per heavy atom. The zero-order valence-corrected chi connectivity index (χ0v) is 13.7. The molecule has 5 nitrogen and oxygen atoms in total. The number of benzene rings is 1. The van der Waals surface area contributed by atoms with Gasteiger partial charge in [-0.2, -0.15) is 0 Å². The molecule has 2 saturated carbocycles. The van der Waals surface area contributed by atoms with Gasteiger partial charge in [0.15, 0.2) is 0 Å². The summed E-state index contributed by atoms with van der Waals surface area (Å²) >= 11 is 0. The maximum atomic E-state index is 13.1. The lowest BCUT2D eigenvalue weighted by molar-refractivity contribution is -0.123. The molecule has 124 valence electrons. The van der Waals surface area contributed by atoms with Crippen LogP contribution in [0, 0.1) is 29.1 Å². The second-order valence-corrected chi connectivity index (χ2v) is 7.27. The van der Waals surface area contributed by atoms with Gasteiger partial charge in [0.25, 0.3) is 0 Å². The van der Waals surface area contributed by atoms with Gasteiger partial charge < -0.3 is 9.47 Å². The number of methoxy groups -OCH3 is 2. The van der Waals surface area contributed by atoms with Crippen LogP contribution >= 0.6 is 0 Å². The summed E-state index contributed by atoms with van der Waals surface area (Å²) in [4.78, 5) is 27.6. The number of nitrogens with zero attached hydrogens (tertiary/aromatic N) is 1. The fraction of sp³-hybridized carbons (Fsp3) is 0.474. The van der Waals surface area contributed by atoms with E-state index in [1.165, 1.54) is 4.90 Å². The van der Waals surface area contributed by atoms with Crippen LogP contribution in [0.25, 0.3) is 0 Å². The van der Waals surface area contributed by atoms with Crippen molar-refractivity contribution in [3.63, 3.8) is 0 Å². The van der Waals surface area contributed by atoms with E-state index in [1.54, 1.807) is 32.4 Å². The van der Waals surface area contributed by atoms with Crippen molar-refractivity contribution in [3.05, 3.63) is 30.4 Å². The number of fused-ring (bicyclic) bond motifs is 3. The van der Waals surface area contributed by atoms with E-state index in [2.05, 4.69) is 12.2 Å². The highest BCUT2D eigenvalue weighted by atomic mass is 16.5. The standard InChI is InChI=1S/C19H19NO4/c1-23-10-3-6-14(24-2)13(9-10)20-17(21)15-11-4-5-12(16(15)18(20)22)19(11)7-8-19/h3-6,9,11-12,15-16H,7-8H2,1-2H3/t11-,12-,15-,16-/m1/s1. The fourth-order valence-electron chi connectivity index (χ4n) is 5.29. The third kappa shape index (κ3) is 1.46. The summed E-state index contributed by atoms with van der Waals surface area (Å²) in [6, 6.07) is 5.20. The lowest BCUT2D eigenvalue weighted by atomic mass is 9.85. The number of imide groups is 1. The smallest absolute Gasteiger partial charge is 0.238 e. The Labute approximate surface area is 140 Å². The van der Waals surface area contributed by atoms with Crippen molar-refractivity contribution in [2.45, 2.75) is 12.8 Å². The Balaban J connectivity index is 1.59. The van der Waals surface area contributed by atoms with Gasteiger partial charge in [-0.25, -0.2) is 4.90 Å². The Morgan fingerprint density at radius 2 is 1.62 bits per heavy atom. The van der Waals surface area contributed by atoms with Crippen LogP contribution in [-0.2, 0) is 9.59 Å². The molecule has 1 aliphatic heterocycles. The lowest BCUT2D eigenvalue weighted by Crippen LogP contribution is -2.35. The van der Waals surface area contributed by atoms with Crippen LogP contribution in [0.1, 0.15) is 12.8 Å². The largest absolute Gasteiger partial charge is 0.497 e. The van der Waals surface area contributed by atoms with Gasteiger partial charge >= 0.3 is 0 Å². The molecule has 3 fully saturated rings. The molecule has 0 N–H and O–H groups in total. The topological polar surface area (TPSA) is 55.8 Å². The van der Waals surface area contributed by atoms with E-state index in [1.807, 2.05) is 0 Å². The second kappa shape index (κ2) is 4.41. The lowest BCUT2D eigenvalue weighted by Gasteiger charge is -2.23. The number of carbonyl (C=O) groups is 2. The minimum Gasteiger partial charge on any atom is -0.497 e. The summed E-state index contributed by atoms with van der Waals surface area (Å²) in [5, 5.41) is 0. The quantitative estimate of drug-likeness (QED) is 0.632. The molecule has 1 saturated heterocycles. The van der Waals surface area contributed by atoms with E-state index >= 15 is 0 Å². The van der Waals surface area contributed by atoms with Crippen LogP contribution < -0.4 is 14.4 Å². The molecule has 2 amide bonds. The molecule has 3 aliphatic carbocycles.